The summed E-state index contributed by atoms with van der Waals surface area (Å²) in [5.74, 6) is -0.285. The zero-order valence-electron chi connectivity index (χ0n) is 16.3. The Kier molecular flexibility index (Phi) is 4.91. The first-order valence-electron chi connectivity index (χ1n) is 8.98. The van der Waals surface area contributed by atoms with Crippen molar-refractivity contribution in [2.24, 2.45) is 0 Å². The second kappa shape index (κ2) is 7.02. The van der Waals surface area contributed by atoms with Crippen LogP contribution >= 0.6 is 0 Å². The number of nitrogens with zero attached hydrogens (tertiary/aromatic N) is 5. The Hall–Kier alpha value is -2.90. The molecule has 0 bridgehead atoms. The number of amides is 1. The summed E-state index contributed by atoms with van der Waals surface area (Å²) in [5.41, 5.74) is 2.35. The number of aromatic carboxylic acids is 1. The Morgan fingerprint density at radius 1 is 1.30 bits per heavy atom. The lowest BCUT2D eigenvalue weighted by molar-refractivity contribution is 0.0687. The van der Waals surface area contributed by atoms with Gasteiger partial charge in [-0.05, 0) is 26.0 Å². The molecule has 0 aromatic carbocycles. The van der Waals surface area contributed by atoms with Crippen LogP contribution in [0.3, 0.4) is 0 Å². The van der Waals surface area contributed by atoms with Crippen molar-refractivity contribution in [3.05, 3.63) is 40.8 Å². The van der Waals surface area contributed by atoms with E-state index in [9.17, 15) is 14.7 Å². The van der Waals surface area contributed by atoms with Crippen molar-refractivity contribution in [1.82, 2.24) is 19.7 Å². The Labute approximate surface area is 158 Å². The summed E-state index contributed by atoms with van der Waals surface area (Å²) < 4.78 is 1.83. The van der Waals surface area contributed by atoms with Crippen molar-refractivity contribution in [3.8, 4) is 0 Å². The van der Waals surface area contributed by atoms with Crippen molar-refractivity contribution in [2.45, 2.75) is 39.3 Å². The molecule has 144 valence electrons. The van der Waals surface area contributed by atoms with Crippen LogP contribution in [-0.4, -0.2) is 57.3 Å². The molecule has 0 fully saturated rings. The third-order valence-electron chi connectivity index (χ3n) is 4.78. The first kappa shape index (κ1) is 18.9. The zero-order valence-corrected chi connectivity index (χ0v) is 16.3. The normalized spacial score (nSPS) is 16.4. The highest BCUT2D eigenvalue weighted by atomic mass is 16.4. The highest BCUT2D eigenvalue weighted by molar-refractivity contribution is 5.93. The van der Waals surface area contributed by atoms with Crippen LogP contribution in [0.4, 0.5) is 5.82 Å². The molecule has 0 unspecified atom stereocenters. The van der Waals surface area contributed by atoms with Crippen LogP contribution in [-0.2, 0) is 6.54 Å². The average Bonchev–Trinajstić information content (AvgIpc) is 3.02. The van der Waals surface area contributed by atoms with E-state index in [4.69, 9.17) is 0 Å². The van der Waals surface area contributed by atoms with Gasteiger partial charge in [-0.3, -0.25) is 9.48 Å². The number of pyridine rings is 1. The molecule has 1 aliphatic heterocycles. The number of hydrogen-bond donors (Lipinski definition) is 1. The van der Waals surface area contributed by atoms with Gasteiger partial charge < -0.3 is 14.9 Å². The van der Waals surface area contributed by atoms with Gasteiger partial charge in [0, 0.05) is 56.6 Å². The number of carbonyl (C=O) groups is 2. The molecule has 1 atom stereocenters. The van der Waals surface area contributed by atoms with Crippen LogP contribution in [0.25, 0.3) is 0 Å². The van der Waals surface area contributed by atoms with Crippen LogP contribution in [0.5, 0.6) is 0 Å². The van der Waals surface area contributed by atoms with E-state index < -0.39 is 5.97 Å². The first-order valence-corrected chi connectivity index (χ1v) is 8.98. The summed E-state index contributed by atoms with van der Waals surface area (Å²) in [6.07, 6.45) is 1.56. The lowest BCUT2D eigenvalue weighted by Gasteiger charge is -2.33. The third kappa shape index (κ3) is 3.39. The van der Waals surface area contributed by atoms with E-state index in [0.717, 1.165) is 17.1 Å². The predicted octanol–water partition coefficient (Wildman–Crippen LogP) is 2.38. The number of aromatic nitrogens is 3. The maximum atomic E-state index is 12.0. The van der Waals surface area contributed by atoms with Crippen molar-refractivity contribution >= 4 is 17.7 Å². The minimum Gasteiger partial charge on any atom is -0.476 e. The maximum absolute atomic E-state index is 12.0. The molecule has 0 spiro atoms. The molecule has 2 aromatic heterocycles. The van der Waals surface area contributed by atoms with Gasteiger partial charge in [-0.25, -0.2) is 9.78 Å². The van der Waals surface area contributed by atoms with Gasteiger partial charge in [-0.1, -0.05) is 6.92 Å². The average molecular weight is 371 g/mol. The maximum Gasteiger partial charge on any atom is 0.356 e. The van der Waals surface area contributed by atoms with E-state index in [0.29, 0.717) is 18.7 Å². The summed E-state index contributed by atoms with van der Waals surface area (Å²) in [5, 5.41) is 13.9. The molecule has 27 heavy (non-hydrogen) atoms. The Balaban J connectivity index is 1.95. The largest absolute Gasteiger partial charge is 0.476 e. The Bertz CT molecular complexity index is 870. The van der Waals surface area contributed by atoms with Gasteiger partial charge in [0.05, 0.1) is 5.56 Å². The van der Waals surface area contributed by atoms with Crippen LogP contribution < -0.4 is 4.90 Å². The van der Waals surface area contributed by atoms with Gasteiger partial charge in [0.25, 0.3) is 5.91 Å². The summed E-state index contributed by atoms with van der Waals surface area (Å²) in [4.78, 5) is 31.7. The summed E-state index contributed by atoms with van der Waals surface area (Å²) in [6, 6.07) is 3.65. The van der Waals surface area contributed by atoms with Crippen molar-refractivity contribution in [2.75, 3.05) is 25.5 Å². The molecule has 1 aliphatic rings. The lowest BCUT2D eigenvalue weighted by atomic mass is 9.95. The quantitative estimate of drug-likeness (QED) is 0.887. The predicted molar refractivity (Wildman–Crippen MR) is 101 cm³/mol. The number of anilines is 1. The number of rotatable bonds is 4. The smallest absolute Gasteiger partial charge is 0.356 e. The van der Waals surface area contributed by atoms with Crippen LogP contribution in [0.1, 0.15) is 64.8 Å². The van der Waals surface area contributed by atoms with E-state index in [1.807, 2.05) is 29.5 Å². The summed E-state index contributed by atoms with van der Waals surface area (Å²) >= 11 is 0. The topological polar surface area (TPSA) is 91.6 Å². The highest BCUT2D eigenvalue weighted by Crippen LogP contribution is 2.34. The lowest BCUT2D eigenvalue weighted by Crippen LogP contribution is -2.34. The molecule has 0 saturated heterocycles. The number of carbonyl (C=O) groups excluding carboxylic acids is 1. The van der Waals surface area contributed by atoms with E-state index in [1.165, 1.54) is 4.90 Å². The van der Waals surface area contributed by atoms with Gasteiger partial charge in [0.1, 0.15) is 5.82 Å². The van der Waals surface area contributed by atoms with Crippen LogP contribution in [0, 0.1) is 0 Å². The summed E-state index contributed by atoms with van der Waals surface area (Å²) in [6.45, 7) is 7.21. The van der Waals surface area contributed by atoms with E-state index in [-0.39, 0.29) is 23.6 Å². The molecule has 0 aliphatic carbocycles. The van der Waals surface area contributed by atoms with Crippen molar-refractivity contribution in [3.63, 3.8) is 0 Å². The molecule has 0 radical (unpaired) electrons. The molecule has 1 amide bonds. The standard InChI is InChI=1S/C19H25N5O3/c1-11(2)24-17-12(3)9-23(10-14(17)16(21-24)19(26)27)15-7-6-13(8-20-15)18(25)22(4)5/h6-8,11-12H,9-10H2,1-5H3,(H,26,27)/t12-/m0/s1. The minimum atomic E-state index is -1.01. The molecule has 3 heterocycles. The minimum absolute atomic E-state index is 0.0929. The van der Waals surface area contributed by atoms with Crippen LogP contribution in [0.15, 0.2) is 18.3 Å². The van der Waals surface area contributed by atoms with Crippen molar-refractivity contribution in [1.29, 1.82) is 0 Å². The fraction of sp³-hybridized carbons (Fsp3) is 0.474. The molecule has 0 saturated carbocycles. The van der Waals surface area contributed by atoms with Gasteiger partial charge >= 0.3 is 5.97 Å². The number of carboxylic acid groups (broad SMARTS) is 1. The highest BCUT2D eigenvalue weighted by Gasteiger charge is 2.33. The molecule has 1 N–H and O–H groups in total. The molecular weight excluding hydrogens is 346 g/mol. The Morgan fingerprint density at radius 2 is 2.00 bits per heavy atom. The van der Waals surface area contributed by atoms with Gasteiger partial charge in [0.2, 0.25) is 0 Å². The second-order valence-electron chi connectivity index (χ2n) is 7.44. The monoisotopic (exact) mass is 371 g/mol. The summed E-state index contributed by atoms with van der Waals surface area (Å²) in [7, 11) is 3.40. The third-order valence-corrected chi connectivity index (χ3v) is 4.78. The van der Waals surface area contributed by atoms with Crippen LogP contribution in [0.2, 0.25) is 0 Å². The second-order valence-corrected chi connectivity index (χ2v) is 7.44. The number of fused-ring (bicyclic) bond motifs is 1. The molecule has 2 aromatic rings. The van der Waals surface area contributed by atoms with Gasteiger partial charge in [-0.2, -0.15) is 5.10 Å². The van der Waals surface area contributed by atoms with Crippen molar-refractivity contribution < 1.29 is 14.7 Å². The van der Waals surface area contributed by atoms with E-state index in [2.05, 4.69) is 17.0 Å². The number of carboxylic acids is 1. The fourth-order valence-corrected chi connectivity index (χ4v) is 3.53. The molecule has 8 nitrogen and oxygen atoms in total. The molecule has 3 rings (SSSR count). The number of hydrogen-bond acceptors (Lipinski definition) is 5. The zero-order chi connectivity index (χ0) is 19.9. The first-order chi connectivity index (χ1) is 12.7. The van der Waals surface area contributed by atoms with Gasteiger partial charge in [-0.15, -0.1) is 0 Å². The Morgan fingerprint density at radius 3 is 2.52 bits per heavy atom. The molecule has 8 heteroatoms. The van der Waals surface area contributed by atoms with E-state index in [1.54, 1.807) is 26.4 Å². The SMILES string of the molecule is CC(C)n1nc(C(=O)O)c2c1[C@@H](C)CN(c1ccc(C(=O)N(C)C)cn1)C2. The fourth-order valence-electron chi connectivity index (χ4n) is 3.53. The molecular formula is C19H25N5O3. The van der Waals surface area contributed by atoms with E-state index >= 15 is 0 Å². The van der Waals surface area contributed by atoms with Gasteiger partial charge in [0.15, 0.2) is 5.69 Å².